The van der Waals surface area contributed by atoms with E-state index < -0.39 is 0 Å². The molecular weight excluding hydrogens is 370 g/mol. The summed E-state index contributed by atoms with van der Waals surface area (Å²) >= 11 is 1.75. The second-order valence-corrected chi connectivity index (χ2v) is 8.62. The number of nitrogens with zero attached hydrogens (tertiary/aromatic N) is 5. The molecule has 6 nitrogen and oxygen atoms in total. The average molecular weight is 398 g/mol. The third-order valence-corrected chi connectivity index (χ3v) is 6.48. The molecule has 1 amide bonds. The minimum atomic E-state index is 0.0290. The minimum absolute atomic E-state index is 0.0290. The third-order valence-electron chi connectivity index (χ3n) is 5.40. The van der Waals surface area contributed by atoms with Crippen LogP contribution >= 0.6 is 11.3 Å². The fourth-order valence-electron chi connectivity index (χ4n) is 3.76. The van der Waals surface area contributed by atoms with Crippen LogP contribution in [0.5, 0.6) is 0 Å². The molecule has 1 aliphatic rings. The average Bonchev–Trinajstić information content (AvgIpc) is 3.30. The van der Waals surface area contributed by atoms with Gasteiger partial charge in [-0.1, -0.05) is 37.3 Å². The highest BCUT2D eigenvalue weighted by molar-refractivity contribution is 7.22. The molecule has 1 fully saturated rings. The number of benzene rings is 1. The Morgan fingerprint density at radius 2 is 1.96 bits per heavy atom. The molecule has 28 heavy (non-hydrogen) atoms. The molecule has 3 heterocycles. The van der Waals surface area contributed by atoms with E-state index in [-0.39, 0.29) is 5.91 Å². The van der Waals surface area contributed by atoms with Crippen molar-refractivity contribution in [2.45, 2.75) is 40.2 Å². The van der Waals surface area contributed by atoms with Crippen LogP contribution in [0, 0.1) is 6.92 Å². The molecule has 3 aromatic rings. The van der Waals surface area contributed by atoms with Gasteiger partial charge in [-0.05, 0) is 37.5 Å². The lowest BCUT2D eigenvalue weighted by Crippen LogP contribution is -2.48. The van der Waals surface area contributed by atoms with Crippen molar-refractivity contribution in [1.29, 1.82) is 0 Å². The number of amides is 1. The van der Waals surface area contributed by atoms with Crippen LogP contribution < -0.4 is 4.90 Å². The molecule has 0 saturated carbocycles. The molecule has 0 radical (unpaired) electrons. The summed E-state index contributed by atoms with van der Waals surface area (Å²) in [5, 5.41) is 5.49. The highest BCUT2D eigenvalue weighted by Crippen LogP contribution is 2.33. The van der Waals surface area contributed by atoms with E-state index in [9.17, 15) is 4.79 Å². The van der Waals surface area contributed by atoms with Crippen LogP contribution in [0.25, 0.3) is 10.2 Å². The Hall–Kier alpha value is -2.41. The standard InChI is InChI=1S/C21H27N5OS/c1-5-26-15(4)13-17(23-26)20(27)24-9-11-25(12-10-24)21-22-19-16(14(2)3)7-6-8-18(19)28-21/h6-8,13-14H,5,9-12H2,1-4H3. The SMILES string of the molecule is CCn1nc(C(=O)N2CCN(c3nc4c(C(C)C)cccc4s3)CC2)cc1C. The van der Waals surface area contributed by atoms with E-state index in [0.717, 1.165) is 36.0 Å². The van der Waals surface area contributed by atoms with Crippen LogP contribution in [-0.4, -0.2) is 51.8 Å². The molecule has 2 aromatic heterocycles. The molecule has 0 N–H and O–H groups in total. The van der Waals surface area contributed by atoms with Crippen LogP contribution in [0.2, 0.25) is 0 Å². The van der Waals surface area contributed by atoms with Gasteiger partial charge in [-0.15, -0.1) is 0 Å². The summed E-state index contributed by atoms with van der Waals surface area (Å²) in [6, 6.07) is 8.33. The summed E-state index contributed by atoms with van der Waals surface area (Å²) in [6.07, 6.45) is 0. The van der Waals surface area contributed by atoms with Crippen LogP contribution in [0.15, 0.2) is 24.3 Å². The summed E-state index contributed by atoms with van der Waals surface area (Å²) in [5.41, 5.74) is 4.00. The van der Waals surface area contributed by atoms with E-state index in [1.54, 1.807) is 11.3 Å². The normalized spacial score (nSPS) is 15.0. The number of piperazine rings is 1. The Balaban J connectivity index is 1.47. The molecule has 4 rings (SSSR count). The molecule has 7 heteroatoms. The number of thiazole rings is 1. The molecule has 1 aliphatic heterocycles. The first-order valence-electron chi connectivity index (χ1n) is 9.96. The van der Waals surface area contributed by atoms with E-state index in [2.05, 4.69) is 42.0 Å². The van der Waals surface area contributed by atoms with Crippen LogP contribution in [0.1, 0.15) is 48.4 Å². The number of hydrogen-bond donors (Lipinski definition) is 0. The number of fused-ring (bicyclic) bond motifs is 1. The lowest BCUT2D eigenvalue weighted by Gasteiger charge is -2.34. The Kier molecular flexibility index (Phi) is 5.10. The smallest absolute Gasteiger partial charge is 0.274 e. The van der Waals surface area contributed by atoms with Gasteiger partial charge in [-0.25, -0.2) is 4.98 Å². The van der Waals surface area contributed by atoms with Crippen molar-refractivity contribution in [2.75, 3.05) is 31.1 Å². The topological polar surface area (TPSA) is 54.3 Å². The predicted molar refractivity (Wildman–Crippen MR) is 114 cm³/mol. The summed E-state index contributed by atoms with van der Waals surface area (Å²) in [6.45, 7) is 12.2. The Bertz CT molecular complexity index is 998. The van der Waals surface area contributed by atoms with Gasteiger partial charge in [0.05, 0.1) is 10.2 Å². The van der Waals surface area contributed by atoms with Gasteiger partial charge in [0.1, 0.15) is 0 Å². The van der Waals surface area contributed by atoms with Crippen molar-refractivity contribution in [3.63, 3.8) is 0 Å². The first kappa shape index (κ1) is 18.9. The van der Waals surface area contributed by atoms with Crippen LogP contribution in [-0.2, 0) is 6.54 Å². The molecule has 148 valence electrons. The third kappa shape index (κ3) is 3.39. The fourth-order valence-corrected chi connectivity index (χ4v) is 4.81. The van der Waals surface area contributed by atoms with Gasteiger partial charge < -0.3 is 9.80 Å². The highest BCUT2D eigenvalue weighted by Gasteiger charge is 2.26. The van der Waals surface area contributed by atoms with Gasteiger partial charge in [-0.2, -0.15) is 5.10 Å². The van der Waals surface area contributed by atoms with Crippen molar-refractivity contribution in [1.82, 2.24) is 19.7 Å². The van der Waals surface area contributed by atoms with E-state index in [1.807, 2.05) is 29.5 Å². The van der Waals surface area contributed by atoms with Gasteiger partial charge >= 0.3 is 0 Å². The maximum Gasteiger partial charge on any atom is 0.274 e. The molecule has 1 aromatic carbocycles. The van der Waals surface area contributed by atoms with Crippen LogP contribution in [0.3, 0.4) is 0 Å². The van der Waals surface area contributed by atoms with Crippen molar-refractivity contribution >= 4 is 32.6 Å². The maximum atomic E-state index is 12.8. The minimum Gasteiger partial charge on any atom is -0.345 e. The second-order valence-electron chi connectivity index (χ2n) is 7.61. The van der Waals surface area contributed by atoms with Crippen molar-refractivity contribution in [2.24, 2.45) is 0 Å². The number of aromatic nitrogens is 3. The Morgan fingerprint density at radius 1 is 1.21 bits per heavy atom. The molecular formula is C21H27N5OS. The number of rotatable bonds is 4. The molecule has 0 spiro atoms. The largest absolute Gasteiger partial charge is 0.345 e. The quantitative estimate of drug-likeness (QED) is 0.670. The van der Waals surface area contributed by atoms with Crippen molar-refractivity contribution in [3.05, 3.63) is 41.2 Å². The summed E-state index contributed by atoms with van der Waals surface area (Å²) in [5.74, 6) is 0.487. The van der Waals surface area contributed by atoms with E-state index in [4.69, 9.17) is 4.98 Å². The van der Waals surface area contributed by atoms with E-state index >= 15 is 0 Å². The fraction of sp³-hybridized carbons (Fsp3) is 0.476. The zero-order valence-corrected chi connectivity index (χ0v) is 17.8. The predicted octanol–water partition coefficient (Wildman–Crippen LogP) is 3.91. The Labute approximate surface area is 169 Å². The first-order valence-corrected chi connectivity index (χ1v) is 10.8. The monoisotopic (exact) mass is 397 g/mol. The number of hydrogen-bond acceptors (Lipinski definition) is 5. The summed E-state index contributed by atoms with van der Waals surface area (Å²) < 4.78 is 3.11. The van der Waals surface area contributed by atoms with Crippen LogP contribution in [0.4, 0.5) is 5.13 Å². The van der Waals surface area contributed by atoms with Gasteiger partial charge in [0.25, 0.3) is 5.91 Å². The van der Waals surface area contributed by atoms with Crippen molar-refractivity contribution < 1.29 is 4.79 Å². The van der Waals surface area contributed by atoms with Gasteiger partial charge in [-0.3, -0.25) is 9.48 Å². The number of carbonyl (C=O) groups excluding carboxylic acids is 1. The molecule has 0 bridgehead atoms. The van der Waals surface area contributed by atoms with Gasteiger partial charge in [0.2, 0.25) is 0 Å². The molecule has 1 saturated heterocycles. The molecule has 0 aliphatic carbocycles. The van der Waals surface area contributed by atoms with E-state index in [0.29, 0.717) is 24.7 Å². The van der Waals surface area contributed by atoms with E-state index in [1.165, 1.54) is 10.3 Å². The highest BCUT2D eigenvalue weighted by atomic mass is 32.1. The van der Waals surface area contributed by atoms with Gasteiger partial charge in [0, 0.05) is 38.4 Å². The number of carbonyl (C=O) groups is 1. The molecule has 0 atom stereocenters. The number of aryl methyl sites for hydroxylation is 2. The maximum absolute atomic E-state index is 12.8. The number of para-hydroxylation sites is 1. The lowest BCUT2D eigenvalue weighted by atomic mass is 10.0. The van der Waals surface area contributed by atoms with Crippen molar-refractivity contribution in [3.8, 4) is 0 Å². The van der Waals surface area contributed by atoms with Gasteiger partial charge in [0.15, 0.2) is 10.8 Å². The first-order chi connectivity index (χ1) is 13.5. The summed E-state index contributed by atoms with van der Waals surface area (Å²) in [4.78, 5) is 21.9. The second kappa shape index (κ2) is 7.54. The zero-order valence-electron chi connectivity index (χ0n) is 17.0. The summed E-state index contributed by atoms with van der Waals surface area (Å²) in [7, 11) is 0. The molecule has 0 unspecified atom stereocenters. The lowest BCUT2D eigenvalue weighted by molar-refractivity contribution is 0.0740. The zero-order chi connectivity index (χ0) is 19.8. The Morgan fingerprint density at radius 3 is 2.61 bits per heavy atom. The number of anilines is 1.